The summed E-state index contributed by atoms with van der Waals surface area (Å²) in [6, 6.07) is 14.1. The molecule has 16 nitrogen and oxygen atoms in total. The zero-order valence-corrected chi connectivity index (χ0v) is 36.4. The lowest BCUT2D eigenvalue weighted by Crippen LogP contribution is -2.70. The van der Waals surface area contributed by atoms with Crippen LogP contribution in [0.15, 0.2) is 79.5 Å². The normalized spacial score (nSPS) is 23.2. The molecule has 342 valence electrons. The van der Waals surface area contributed by atoms with Gasteiger partial charge >= 0.3 is 0 Å². The number of hydrogen-bond acceptors (Lipinski definition) is 12. The molecule has 2 aromatic carbocycles. The average Bonchev–Trinajstić information content (AvgIpc) is 4.01. The molecule has 5 aliphatic heterocycles. The van der Waals surface area contributed by atoms with Gasteiger partial charge in [-0.25, -0.2) is 27.7 Å². The van der Waals surface area contributed by atoms with E-state index < -0.39 is 35.1 Å². The third-order valence-electron chi connectivity index (χ3n) is 14.2. The monoisotopic (exact) mass is 909 g/mol. The maximum atomic E-state index is 15.4. The smallest absolute Gasteiger partial charge is 0.260 e. The molecule has 2 N–H and O–H groups in total. The number of pyridine rings is 1. The van der Waals surface area contributed by atoms with Crippen molar-refractivity contribution in [2.75, 3.05) is 54.4 Å². The third-order valence-corrected chi connectivity index (χ3v) is 14.2. The largest absolute Gasteiger partial charge is 0.374 e. The van der Waals surface area contributed by atoms with E-state index in [1.807, 2.05) is 29.2 Å². The van der Waals surface area contributed by atoms with Crippen LogP contribution < -0.4 is 20.4 Å². The topological polar surface area (TPSA) is 173 Å². The zero-order valence-electron chi connectivity index (χ0n) is 36.4. The summed E-state index contributed by atoms with van der Waals surface area (Å²) in [5, 5.41) is 24.7. The number of piperazine rings is 2. The van der Waals surface area contributed by atoms with Gasteiger partial charge in [0.25, 0.3) is 5.91 Å². The van der Waals surface area contributed by atoms with Gasteiger partial charge in [-0.15, -0.1) is 0 Å². The lowest BCUT2D eigenvalue weighted by atomic mass is 9.86. The van der Waals surface area contributed by atoms with Crippen molar-refractivity contribution in [3.05, 3.63) is 108 Å². The van der Waals surface area contributed by atoms with Crippen LogP contribution in [-0.2, 0) is 9.59 Å². The van der Waals surface area contributed by atoms with Gasteiger partial charge in [-0.05, 0) is 81.0 Å². The molecule has 19 heteroatoms. The van der Waals surface area contributed by atoms with Gasteiger partial charge in [0.15, 0.2) is 0 Å². The molecule has 4 aromatic heterocycles. The van der Waals surface area contributed by atoms with E-state index in [0.29, 0.717) is 83.9 Å². The molecule has 3 amide bonds. The highest BCUT2D eigenvalue weighted by molar-refractivity contribution is 6.01. The van der Waals surface area contributed by atoms with Crippen molar-refractivity contribution in [1.29, 1.82) is 5.26 Å². The average molecular weight is 910 g/mol. The quantitative estimate of drug-likeness (QED) is 0.173. The van der Waals surface area contributed by atoms with Gasteiger partial charge in [-0.3, -0.25) is 29.3 Å². The number of fused-ring (bicyclic) bond motifs is 3. The molecule has 0 spiro atoms. The van der Waals surface area contributed by atoms with Gasteiger partial charge < -0.3 is 20.0 Å². The summed E-state index contributed by atoms with van der Waals surface area (Å²) < 4.78 is 48.0. The van der Waals surface area contributed by atoms with Crippen LogP contribution in [0.25, 0.3) is 28.0 Å². The van der Waals surface area contributed by atoms with Crippen LogP contribution in [0.2, 0.25) is 0 Å². The van der Waals surface area contributed by atoms with Crippen LogP contribution in [-0.4, -0.2) is 120 Å². The second-order valence-electron chi connectivity index (χ2n) is 18.1. The van der Waals surface area contributed by atoms with Gasteiger partial charge in [-0.2, -0.15) is 15.5 Å². The summed E-state index contributed by atoms with van der Waals surface area (Å²) in [7, 11) is 0. The van der Waals surface area contributed by atoms with E-state index in [1.54, 1.807) is 33.9 Å². The molecule has 1 saturated carbocycles. The fourth-order valence-electron chi connectivity index (χ4n) is 10.7. The Hall–Kier alpha value is -7.33. The lowest BCUT2D eigenvalue weighted by molar-refractivity contribution is -0.133. The summed E-state index contributed by atoms with van der Waals surface area (Å²) in [6.07, 6.45) is 14.2. The van der Waals surface area contributed by atoms with Crippen molar-refractivity contribution in [2.24, 2.45) is 0 Å². The van der Waals surface area contributed by atoms with Gasteiger partial charge in [0.05, 0.1) is 53.8 Å². The molecule has 67 heavy (non-hydrogen) atoms. The SMILES string of the molecule is N#Cc1cnn2cc(-c3cnn([C@H]4CC[C@@H](N5CCN(c6ccc(N[C@@H]7CCC(=O)NC7=O)cc6F)CC5)CC4)c3)nc(-c3ccc(N4CC5CC(C4)N5C(=O)c4c(F)cccc4F)nc3)c12. The van der Waals surface area contributed by atoms with Crippen LogP contribution >= 0.6 is 0 Å². The summed E-state index contributed by atoms with van der Waals surface area (Å²) in [4.78, 5) is 55.0. The summed E-state index contributed by atoms with van der Waals surface area (Å²) in [5.41, 5.74) is 4.15. The molecule has 3 atom stereocenters. The zero-order chi connectivity index (χ0) is 45.9. The maximum absolute atomic E-state index is 15.4. The van der Waals surface area contributed by atoms with E-state index in [4.69, 9.17) is 15.1 Å². The van der Waals surface area contributed by atoms with Crippen LogP contribution in [0.1, 0.15) is 66.9 Å². The molecule has 6 fully saturated rings. The first kappa shape index (κ1) is 42.3. The van der Waals surface area contributed by atoms with Gasteiger partial charge in [0.2, 0.25) is 11.8 Å². The minimum absolute atomic E-state index is 0.197. The number of hydrogen-bond donors (Lipinski definition) is 2. The van der Waals surface area contributed by atoms with E-state index in [-0.39, 0.29) is 36.3 Å². The van der Waals surface area contributed by atoms with Crippen molar-refractivity contribution in [1.82, 2.24) is 44.5 Å². The van der Waals surface area contributed by atoms with Crippen LogP contribution in [0.3, 0.4) is 0 Å². The van der Waals surface area contributed by atoms with E-state index >= 15 is 4.39 Å². The van der Waals surface area contributed by atoms with E-state index in [2.05, 4.69) is 36.5 Å². The molecule has 12 rings (SSSR count). The third kappa shape index (κ3) is 7.88. The number of amides is 3. The highest BCUT2D eigenvalue weighted by atomic mass is 19.1. The van der Waals surface area contributed by atoms with Crippen LogP contribution in [0, 0.1) is 28.8 Å². The molecule has 0 radical (unpaired) electrons. The van der Waals surface area contributed by atoms with E-state index in [0.717, 1.165) is 62.9 Å². The van der Waals surface area contributed by atoms with Gasteiger partial charge in [0, 0.05) is 80.9 Å². The Bertz CT molecular complexity index is 2920. The minimum Gasteiger partial charge on any atom is -0.374 e. The molecule has 6 aromatic rings. The molecule has 6 aliphatic rings. The van der Waals surface area contributed by atoms with Crippen molar-refractivity contribution in [3.63, 3.8) is 0 Å². The Morgan fingerprint density at radius 3 is 2.25 bits per heavy atom. The predicted molar refractivity (Wildman–Crippen MR) is 240 cm³/mol. The first-order chi connectivity index (χ1) is 32.6. The number of carbonyl (C=O) groups is 3. The number of nitrogens with zero attached hydrogens (tertiary/aromatic N) is 11. The maximum Gasteiger partial charge on any atom is 0.260 e. The number of aromatic nitrogens is 6. The minimum atomic E-state index is -0.865. The van der Waals surface area contributed by atoms with E-state index in [1.165, 1.54) is 18.3 Å². The van der Waals surface area contributed by atoms with E-state index in [9.17, 15) is 28.4 Å². The second-order valence-corrected chi connectivity index (χ2v) is 18.1. The predicted octanol–water partition coefficient (Wildman–Crippen LogP) is 5.57. The number of rotatable bonds is 9. The van der Waals surface area contributed by atoms with Crippen molar-refractivity contribution < 1.29 is 27.6 Å². The molecule has 9 heterocycles. The standard InChI is InChI=1S/C48H46F3N13O3/c49-36-2-1-3-37(50)44(36)48(67)64-34-19-35(64)26-61(25-34)42-12-4-28(21-53-42)45-46-29(20-52)22-55-63(46)27-40(57-45)30-23-54-62(24-30)33-8-6-32(7-9-33)59-14-16-60(17-15-59)41-11-5-31(18-38(41)51)56-39-10-13-43(65)58-47(39)66/h1-5,11-12,18,21-24,27,32-35,39,56H,6-10,13-17,19,25-26H2,(H,58,65,66)/t32-,33+,34?,35?,39-/m1/s1. The summed E-state index contributed by atoms with van der Waals surface area (Å²) >= 11 is 0. The van der Waals surface area contributed by atoms with Crippen LogP contribution in [0.5, 0.6) is 0 Å². The molecule has 5 saturated heterocycles. The highest BCUT2D eigenvalue weighted by Crippen LogP contribution is 2.38. The van der Waals surface area contributed by atoms with Crippen molar-refractivity contribution in [3.8, 4) is 28.6 Å². The second kappa shape index (κ2) is 17.1. The number of halogens is 3. The number of piperidine rings is 2. The molecule has 1 aliphatic carbocycles. The Kier molecular flexibility index (Phi) is 10.8. The Labute approximate surface area is 383 Å². The Morgan fingerprint density at radius 2 is 1.55 bits per heavy atom. The lowest BCUT2D eigenvalue weighted by Gasteiger charge is -2.56. The molecular formula is C48H46F3N13O3. The Morgan fingerprint density at radius 1 is 0.791 bits per heavy atom. The molecule has 2 bridgehead atoms. The number of imide groups is 1. The van der Waals surface area contributed by atoms with Crippen LogP contribution in [0.4, 0.5) is 30.4 Å². The first-order valence-electron chi connectivity index (χ1n) is 22.8. The number of anilines is 3. The van der Waals surface area contributed by atoms with Gasteiger partial charge in [0.1, 0.15) is 52.0 Å². The first-order valence-corrected chi connectivity index (χ1v) is 22.8. The van der Waals surface area contributed by atoms with Crippen molar-refractivity contribution >= 4 is 40.4 Å². The van der Waals surface area contributed by atoms with Crippen molar-refractivity contribution in [2.45, 2.75) is 75.2 Å². The number of carbonyl (C=O) groups excluding carboxylic acids is 3. The molecule has 2 unspecified atom stereocenters. The fourth-order valence-corrected chi connectivity index (χ4v) is 10.7. The number of nitrogens with one attached hydrogen (secondary N) is 2. The summed E-state index contributed by atoms with van der Waals surface area (Å²) in [6.45, 7) is 4.01. The summed E-state index contributed by atoms with van der Waals surface area (Å²) in [5.74, 6) is -2.70. The fraction of sp³-hybridized carbons (Fsp3) is 0.375. The number of nitriles is 1. The Balaban J connectivity index is 0.718. The number of benzene rings is 2. The highest BCUT2D eigenvalue weighted by Gasteiger charge is 2.48. The molecular weight excluding hydrogens is 864 g/mol. The van der Waals surface area contributed by atoms with Gasteiger partial charge in [-0.1, -0.05) is 6.07 Å².